The molecule has 0 aliphatic heterocycles. The van der Waals surface area contributed by atoms with Gasteiger partial charge in [-0.3, -0.25) is 24.5 Å². The fraction of sp³-hybridized carbons (Fsp3) is 0.474. The van der Waals surface area contributed by atoms with Gasteiger partial charge in [-0.1, -0.05) is 34.0 Å². The number of carbonyl (C=O) groups excluding carboxylic acids is 2. The maximum atomic E-state index is 11.2. The first-order chi connectivity index (χ1) is 20.9. The molecule has 46 heavy (non-hydrogen) atoms. The first kappa shape index (κ1) is 46.4. The van der Waals surface area contributed by atoms with Gasteiger partial charge in [0.1, 0.15) is 27.2 Å². The zero-order valence-electron chi connectivity index (χ0n) is 25.4. The van der Waals surface area contributed by atoms with Gasteiger partial charge in [0.25, 0.3) is 6.47 Å². The normalized spacial score (nSPS) is 9.87. The number of hydrogen-bond acceptors (Lipinski definition) is 19. The summed E-state index contributed by atoms with van der Waals surface area (Å²) >= 11 is 8.12. The summed E-state index contributed by atoms with van der Waals surface area (Å²) in [7, 11) is -4.67. The summed E-state index contributed by atoms with van der Waals surface area (Å²) in [6, 6.07) is 0. The molecule has 0 spiro atoms. The second-order valence-corrected chi connectivity index (χ2v) is 13.2. The number of carboxylic acid groups (broad SMARTS) is 1. The van der Waals surface area contributed by atoms with Crippen LogP contribution in [-0.4, -0.2) is 88.2 Å². The molecule has 0 aliphatic rings. The van der Waals surface area contributed by atoms with Crippen LogP contribution in [0.25, 0.3) is 0 Å². The third kappa shape index (κ3) is 40.0. The highest BCUT2D eigenvalue weighted by molar-refractivity contribution is 7.80. The van der Waals surface area contributed by atoms with Crippen molar-refractivity contribution in [1.29, 1.82) is 0 Å². The molecule has 3 aromatic heterocycles. The first-order valence-electron chi connectivity index (χ1n) is 11.5. The highest BCUT2D eigenvalue weighted by Gasteiger charge is 2.17. The summed E-state index contributed by atoms with van der Waals surface area (Å²) in [6.07, 6.45) is -1.02. The second-order valence-electron chi connectivity index (χ2n) is 8.96. The summed E-state index contributed by atoms with van der Waals surface area (Å²) < 4.78 is 41.6. The van der Waals surface area contributed by atoms with Crippen molar-refractivity contribution >= 4 is 95.8 Å². The number of nitrogens with two attached hydrogens (primary N) is 3. The number of rotatable bonds is 2. The van der Waals surface area contributed by atoms with E-state index in [1.807, 2.05) is 12.3 Å². The maximum Gasteiger partial charge on any atom is 0.414 e. The van der Waals surface area contributed by atoms with Crippen LogP contribution in [0.1, 0.15) is 46.6 Å². The molecule has 3 heterocycles. The van der Waals surface area contributed by atoms with Gasteiger partial charge in [-0.05, 0) is 60.7 Å². The number of ether oxygens (including phenoxy) is 2. The molecule has 0 bridgehead atoms. The van der Waals surface area contributed by atoms with E-state index < -0.39 is 33.8 Å². The molecule has 2 amide bonds. The van der Waals surface area contributed by atoms with Crippen LogP contribution in [0.3, 0.4) is 0 Å². The van der Waals surface area contributed by atoms with Gasteiger partial charge >= 0.3 is 22.6 Å². The van der Waals surface area contributed by atoms with Crippen LogP contribution in [0.15, 0.2) is 11.0 Å². The highest BCUT2D eigenvalue weighted by Crippen LogP contribution is 2.15. The third-order valence-corrected chi connectivity index (χ3v) is 4.62. The summed E-state index contributed by atoms with van der Waals surface area (Å²) in [6.45, 7) is 12.4. The van der Waals surface area contributed by atoms with Crippen molar-refractivity contribution in [3.05, 3.63) is 16.0 Å². The van der Waals surface area contributed by atoms with E-state index in [2.05, 4.69) is 59.3 Å². The van der Waals surface area contributed by atoms with Gasteiger partial charge in [0.15, 0.2) is 5.11 Å². The number of nitrogens with zero attached hydrogens (tertiary/aromatic N) is 6. The topological polar surface area (TPSA) is 356 Å². The van der Waals surface area contributed by atoms with Crippen LogP contribution < -0.4 is 33.4 Å². The van der Waals surface area contributed by atoms with Crippen molar-refractivity contribution in [3.8, 4) is 0 Å². The van der Waals surface area contributed by atoms with E-state index in [0.29, 0.717) is 15.4 Å². The molecular weight excluding hydrogens is 717 g/mol. The molecular formula is C19H36N12O10S5. The number of nitrogen functional groups attached to an aromatic ring is 1. The lowest BCUT2D eigenvalue weighted by Gasteiger charge is -2.18. The van der Waals surface area contributed by atoms with E-state index >= 15 is 0 Å². The molecule has 27 heteroatoms. The number of anilines is 3. The Kier molecular flexibility index (Phi) is 24.5. The number of aromatic nitrogens is 6. The zero-order chi connectivity index (χ0) is 36.6. The van der Waals surface area contributed by atoms with Crippen LogP contribution in [0, 0.1) is 6.92 Å². The Morgan fingerprint density at radius 2 is 1.30 bits per heavy atom. The molecule has 22 nitrogen and oxygen atoms in total. The van der Waals surface area contributed by atoms with Crippen LogP contribution in [0.5, 0.6) is 0 Å². The Bertz CT molecular complexity index is 1350. The SMILES string of the molecule is CC(C)(C)OC(=O)Nc1nncs1.Cc1nnc(NC(=O)OC(C)(C)C)s1.NNC(N)=S.Nc1nncs1.O=CO.O=S(=O)(O)O. The van der Waals surface area contributed by atoms with Gasteiger partial charge in [-0.25, -0.2) is 15.4 Å². The van der Waals surface area contributed by atoms with Crippen molar-refractivity contribution < 1.29 is 46.5 Å². The van der Waals surface area contributed by atoms with Gasteiger partial charge in [0, 0.05) is 0 Å². The van der Waals surface area contributed by atoms with Gasteiger partial charge in [-0.15, -0.1) is 30.6 Å². The van der Waals surface area contributed by atoms with Crippen molar-refractivity contribution in [2.24, 2.45) is 11.6 Å². The standard InChI is InChI=1S/C8H13N3O2S.C7H11N3O2S.C2H3N3S.CH5N3S.CH2O2.H2O4S/c1-5-10-11-6(14-5)9-7(12)13-8(2,3)4;1-7(2,3)12-6(11)9-5-10-8-4-13-5;3-2-5-4-1-6-2;2-1(5)4-3;2-1-3;1-5(2,3)4/h1-4H3,(H,9,11,12);4H,1-3H3,(H,9,10,11);1H,(H2,3,5);3H2,(H3,2,4,5);1H,(H,2,3);(H2,1,2,3,4). The highest BCUT2D eigenvalue weighted by atomic mass is 32.3. The van der Waals surface area contributed by atoms with Crippen LogP contribution in [0.4, 0.5) is 25.0 Å². The number of aryl methyl sites for hydroxylation is 1. The summed E-state index contributed by atoms with van der Waals surface area (Å²) in [5.74, 6) is 4.66. The van der Waals surface area contributed by atoms with E-state index in [-0.39, 0.29) is 11.6 Å². The van der Waals surface area contributed by atoms with E-state index in [1.165, 1.54) is 39.5 Å². The van der Waals surface area contributed by atoms with Crippen molar-refractivity contribution in [2.75, 3.05) is 16.4 Å². The lowest BCUT2D eigenvalue weighted by molar-refractivity contribution is -0.122. The van der Waals surface area contributed by atoms with Crippen molar-refractivity contribution in [3.63, 3.8) is 0 Å². The van der Waals surface area contributed by atoms with Gasteiger partial charge in [-0.2, -0.15) is 8.42 Å². The van der Waals surface area contributed by atoms with Crippen LogP contribution in [0.2, 0.25) is 0 Å². The molecule has 0 saturated carbocycles. The van der Waals surface area contributed by atoms with Gasteiger partial charge in [0.2, 0.25) is 15.4 Å². The molecule has 0 unspecified atom stereocenters. The molecule has 0 aliphatic carbocycles. The number of hydrogen-bond donors (Lipinski definition) is 9. The molecule has 0 radical (unpaired) electrons. The minimum absolute atomic E-state index is 0.116. The van der Waals surface area contributed by atoms with Crippen molar-refractivity contribution in [1.82, 2.24) is 36.0 Å². The fourth-order valence-electron chi connectivity index (χ4n) is 1.54. The largest absolute Gasteiger partial charge is 0.483 e. The number of nitrogens with one attached hydrogen (secondary N) is 3. The second kappa shape index (κ2) is 24.3. The number of hydrazine groups is 1. The van der Waals surface area contributed by atoms with Crippen LogP contribution >= 0.6 is 46.2 Å². The predicted molar refractivity (Wildman–Crippen MR) is 176 cm³/mol. The summed E-state index contributed by atoms with van der Waals surface area (Å²) in [5, 5.41) is 35.8. The number of carbonyl (C=O) groups is 3. The molecule has 3 aromatic rings. The molecule has 12 N–H and O–H groups in total. The monoisotopic (exact) mass is 752 g/mol. The van der Waals surface area contributed by atoms with Crippen molar-refractivity contribution in [2.45, 2.75) is 59.7 Å². The van der Waals surface area contributed by atoms with E-state index in [4.69, 9.17) is 48.4 Å². The fourth-order valence-corrected chi connectivity index (χ4v) is 2.84. The van der Waals surface area contributed by atoms with Crippen LogP contribution in [-0.2, 0) is 24.7 Å². The van der Waals surface area contributed by atoms with E-state index in [9.17, 15) is 9.59 Å². The smallest absolute Gasteiger partial charge is 0.414 e. The lowest BCUT2D eigenvalue weighted by atomic mass is 10.2. The zero-order valence-corrected chi connectivity index (χ0v) is 29.5. The molecule has 3 rings (SSSR count). The molecule has 262 valence electrons. The average Bonchev–Trinajstić information content (AvgIpc) is 3.62. The predicted octanol–water partition coefficient (Wildman–Crippen LogP) is 1.94. The average molecular weight is 753 g/mol. The molecule has 0 saturated heterocycles. The minimum atomic E-state index is -4.67. The molecule has 0 fully saturated rings. The van der Waals surface area contributed by atoms with E-state index in [1.54, 1.807) is 47.1 Å². The Balaban J connectivity index is -0.000000526. The first-order valence-corrected chi connectivity index (χ1v) is 15.9. The molecule has 0 atom stereocenters. The molecule has 0 aromatic carbocycles. The maximum absolute atomic E-state index is 11.2. The Labute approximate surface area is 281 Å². The summed E-state index contributed by atoms with van der Waals surface area (Å²) in [4.78, 5) is 30.7. The summed E-state index contributed by atoms with van der Waals surface area (Å²) in [5.41, 5.74) is 14.1. The quantitative estimate of drug-likeness (QED) is 0.0593. The number of amides is 2. The Hall–Kier alpha value is -3.99. The third-order valence-electron chi connectivity index (χ3n) is 2.62. The Morgan fingerprint density at radius 1 is 0.913 bits per heavy atom. The van der Waals surface area contributed by atoms with Gasteiger partial charge in [0.05, 0.1) is 0 Å². The van der Waals surface area contributed by atoms with E-state index in [0.717, 1.165) is 5.01 Å². The van der Waals surface area contributed by atoms with Gasteiger partial charge < -0.3 is 31.5 Å². The lowest BCUT2D eigenvalue weighted by Crippen LogP contribution is -2.34. The minimum Gasteiger partial charge on any atom is -0.483 e. The number of thiocarbonyl (C=S) groups is 1. The Morgan fingerprint density at radius 3 is 1.54 bits per heavy atom.